The highest BCUT2D eigenvalue weighted by Gasteiger charge is 2.26. The predicted molar refractivity (Wildman–Crippen MR) is 80.8 cm³/mol. The van der Waals surface area contributed by atoms with Crippen LogP contribution in [0.2, 0.25) is 0 Å². The summed E-state index contributed by atoms with van der Waals surface area (Å²) in [6.45, 7) is 2.04. The van der Waals surface area contributed by atoms with Gasteiger partial charge in [-0.15, -0.1) is 11.8 Å². The molecule has 0 bridgehead atoms. The van der Waals surface area contributed by atoms with Crippen LogP contribution in [0.5, 0.6) is 0 Å². The van der Waals surface area contributed by atoms with Gasteiger partial charge in [-0.3, -0.25) is 0 Å². The second kappa shape index (κ2) is 6.01. The van der Waals surface area contributed by atoms with Crippen molar-refractivity contribution in [1.29, 1.82) is 0 Å². The highest BCUT2D eigenvalue weighted by atomic mass is 32.2. The van der Waals surface area contributed by atoms with Gasteiger partial charge in [-0.05, 0) is 12.7 Å². The molecule has 0 aliphatic carbocycles. The van der Waals surface area contributed by atoms with Gasteiger partial charge in [0.25, 0.3) is 0 Å². The molecule has 0 aliphatic rings. The van der Waals surface area contributed by atoms with Gasteiger partial charge in [-0.1, -0.05) is 19.8 Å². The number of fused-ring (bicyclic) bond motifs is 1. The van der Waals surface area contributed by atoms with Gasteiger partial charge >= 0.3 is 0 Å². The van der Waals surface area contributed by atoms with Gasteiger partial charge in [0.15, 0.2) is 15.5 Å². The molecule has 0 unspecified atom stereocenters. The summed E-state index contributed by atoms with van der Waals surface area (Å²) in [6.07, 6.45) is 7.36. The zero-order chi connectivity index (χ0) is 14.8. The van der Waals surface area contributed by atoms with Gasteiger partial charge in [-0.2, -0.15) is 5.10 Å². The molecule has 0 saturated carbocycles. The van der Waals surface area contributed by atoms with E-state index in [2.05, 4.69) is 10.1 Å². The summed E-state index contributed by atoms with van der Waals surface area (Å²) in [7, 11) is -3.38. The Bertz CT molecular complexity index is 710. The Morgan fingerprint density at radius 3 is 2.80 bits per heavy atom. The first-order chi connectivity index (χ1) is 9.49. The van der Waals surface area contributed by atoms with E-state index in [1.165, 1.54) is 22.5 Å². The number of hydrogen-bond donors (Lipinski definition) is 1. The first-order valence-electron chi connectivity index (χ1n) is 6.40. The Labute approximate surface area is 122 Å². The number of unbranched alkanes of at least 4 members (excludes halogenated alkanes) is 2. The fraction of sp³-hybridized carbons (Fsp3) is 0.500. The number of aromatic nitrogens is 3. The maximum absolute atomic E-state index is 12.5. The summed E-state index contributed by atoms with van der Waals surface area (Å²) < 4.78 is 26.5. The highest BCUT2D eigenvalue weighted by Crippen LogP contribution is 2.28. The molecule has 2 rings (SSSR count). The van der Waals surface area contributed by atoms with E-state index >= 15 is 0 Å². The minimum Gasteiger partial charge on any atom is -0.396 e. The van der Waals surface area contributed by atoms with E-state index in [1.807, 2.05) is 6.92 Å². The third-order valence-electron chi connectivity index (χ3n) is 2.94. The Kier molecular flexibility index (Phi) is 4.54. The van der Waals surface area contributed by atoms with Crippen LogP contribution >= 0.6 is 11.8 Å². The average molecular weight is 314 g/mol. The monoisotopic (exact) mass is 314 g/mol. The second-order valence-corrected chi connectivity index (χ2v) is 7.36. The third-order valence-corrected chi connectivity index (χ3v) is 5.57. The number of nitrogens with two attached hydrogens (primary N) is 1. The van der Waals surface area contributed by atoms with Crippen LogP contribution in [0.25, 0.3) is 5.65 Å². The number of rotatable bonds is 6. The van der Waals surface area contributed by atoms with E-state index in [-0.39, 0.29) is 10.6 Å². The largest absolute Gasteiger partial charge is 0.396 e. The number of hydrogen-bond acceptors (Lipinski definition) is 6. The molecule has 0 amide bonds. The molecule has 6 nitrogen and oxygen atoms in total. The predicted octanol–water partition coefficient (Wildman–Crippen LogP) is 2.00. The Hall–Kier alpha value is -1.28. The summed E-state index contributed by atoms with van der Waals surface area (Å²) in [6, 6.07) is 0. The lowest BCUT2D eigenvalue weighted by Crippen LogP contribution is -2.08. The van der Waals surface area contributed by atoms with Crippen molar-refractivity contribution in [1.82, 2.24) is 14.6 Å². The summed E-state index contributed by atoms with van der Waals surface area (Å²) in [5.74, 6) is 0.127. The molecular weight excluding hydrogens is 296 g/mol. The standard InChI is InChI=1S/C12H18N4O2S2/c1-3-4-5-6-20(17,18)10-11-14-7-9(13)8-16(11)15-12(10)19-2/h7-8H,3-6,13H2,1-2H3. The molecule has 2 aromatic heterocycles. The fourth-order valence-corrected chi connectivity index (χ4v) is 4.55. The minimum atomic E-state index is -3.38. The SMILES string of the molecule is CCCCCS(=O)(=O)c1c(SC)nn2cc(N)cnc12. The quantitative estimate of drug-likeness (QED) is 0.648. The van der Waals surface area contributed by atoms with Crippen LogP contribution in [-0.2, 0) is 9.84 Å². The molecular formula is C12H18N4O2S2. The van der Waals surface area contributed by atoms with Crippen LogP contribution in [0, 0.1) is 0 Å². The van der Waals surface area contributed by atoms with Gasteiger partial charge in [0, 0.05) is 0 Å². The summed E-state index contributed by atoms with van der Waals surface area (Å²) in [5, 5.41) is 4.72. The molecule has 2 heterocycles. The molecule has 0 aliphatic heterocycles. The summed E-state index contributed by atoms with van der Waals surface area (Å²) >= 11 is 1.30. The van der Waals surface area contributed by atoms with E-state index < -0.39 is 9.84 Å². The van der Waals surface area contributed by atoms with Gasteiger partial charge in [0.05, 0.1) is 23.8 Å². The van der Waals surface area contributed by atoms with Crippen molar-refractivity contribution in [2.45, 2.75) is 36.1 Å². The maximum Gasteiger partial charge on any atom is 0.184 e. The smallest absolute Gasteiger partial charge is 0.184 e. The molecule has 8 heteroatoms. The van der Waals surface area contributed by atoms with Crippen LogP contribution in [0.1, 0.15) is 26.2 Å². The molecule has 2 aromatic rings. The van der Waals surface area contributed by atoms with E-state index in [9.17, 15) is 8.42 Å². The number of nitrogen functional groups attached to an aromatic ring is 1. The lowest BCUT2D eigenvalue weighted by atomic mass is 10.3. The molecule has 20 heavy (non-hydrogen) atoms. The molecule has 0 saturated heterocycles. The summed E-state index contributed by atoms with van der Waals surface area (Å²) in [5.41, 5.74) is 6.45. The van der Waals surface area contributed by atoms with Crippen molar-refractivity contribution in [2.24, 2.45) is 0 Å². The van der Waals surface area contributed by atoms with E-state index in [0.717, 1.165) is 12.8 Å². The lowest BCUT2D eigenvalue weighted by Gasteiger charge is -2.03. The van der Waals surface area contributed by atoms with Crippen molar-refractivity contribution in [3.05, 3.63) is 12.4 Å². The number of anilines is 1. The molecule has 0 atom stereocenters. The van der Waals surface area contributed by atoms with Gasteiger partial charge in [0.2, 0.25) is 0 Å². The van der Waals surface area contributed by atoms with Crippen LogP contribution in [0.4, 0.5) is 5.69 Å². The Balaban J connectivity index is 2.51. The van der Waals surface area contributed by atoms with Crippen molar-refractivity contribution in [3.8, 4) is 0 Å². The van der Waals surface area contributed by atoms with Crippen LogP contribution in [0.15, 0.2) is 22.3 Å². The lowest BCUT2D eigenvalue weighted by molar-refractivity contribution is 0.589. The van der Waals surface area contributed by atoms with Crippen molar-refractivity contribution in [2.75, 3.05) is 17.7 Å². The van der Waals surface area contributed by atoms with Crippen LogP contribution in [0.3, 0.4) is 0 Å². The maximum atomic E-state index is 12.5. The molecule has 2 N–H and O–H groups in total. The molecule has 0 aromatic carbocycles. The van der Waals surface area contributed by atoms with E-state index in [0.29, 0.717) is 22.8 Å². The van der Waals surface area contributed by atoms with Crippen molar-refractivity contribution < 1.29 is 8.42 Å². The highest BCUT2D eigenvalue weighted by molar-refractivity contribution is 7.99. The molecule has 0 fully saturated rings. The normalized spacial score (nSPS) is 12.1. The van der Waals surface area contributed by atoms with Crippen molar-refractivity contribution in [3.63, 3.8) is 0 Å². The molecule has 110 valence electrons. The van der Waals surface area contributed by atoms with Gasteiger partial charge < -0.3 is 5.73 Å². The zero-order valence-corrected chi connectivity index (χ0v) is 13.2. The fourth-order valence-electron chi connectivity index (χ4n) is 1.96. The van der Waals surface area contributed by atoms with Crippen LogP contribution in [-0.4, -0.2) is 35.0 Å². The zero-order valence-electron chi connectivity index (χ0n) is 11.5. The van der Waals surface area contributed by atoms with Gasteiger partial charge in [-0.25, -0.2) is 17.9 Å². The third kappa shape index (κ3) is 2.90. The molecule has 0 spiro atoms. The summed E-state index contributed by atoms with van der Waals surface area (Å²) in [4.78, 5) is 4.35. The van der Waals surface area contributed by atoms with Gasteiger partial charge in [0.1, 0.15) is 9.92 Å². The second-order valence-electron chi connectivity index (χ2n) is 4.52. The number of thioether (sulfide) groups is 1. The Morgan fingerprint density at radius 2 is 2.15 bits per heavy atom. The Morgan fingerprint density at radius 1 is 1.40 bits per heavy atom. The molecule has 0 radical (unpaired) electrons. The number of sulfone groups is 1. The number of nitrogens with zero attached hydrogens (tertiary/aromatic N) is 3. The van der Waals surface area contributed by atoms with Crippen LogP contribution < -0.4 is 5.73 Å². The first kappa shape index (κ1) is 15.1. The van der Waals surface area contributed by atoms with E-state index in [4.69, 9.17) is 5.73 Å². The minimum absolute atomic E-state index is 0.127. The van der Waals surface area contributed by atoms with Crippen molar-refractivity contribution >= 4 is 32.9 Å². The topological polar surface area (TPSA) is 90.3 Å². The first-order valence-corrected chi connectivity index (χ1v) is 9.28. The van der Waals surface area contributed by atoms with E-state index in [1.54, 1.807) is 12.5 Å². The average Bonchev–Trinajstić information content (AvgIpc) is 2.77.